The van der Waals surface area contributed by atoms with Crippen molar-refractivity contribution in [1.29, 1.82) is 0 Å². The minimum Gasteiger partial charge on any atom is -0.215 e. The van der Waals surface area contributed by atoms with Gasteiger partial charge in [0.05, 0.1) is 0 Å². The lowest BCUT2D eigenvalue weighted by molar-refractivity contribution is 0.356. The molecule has 0 aliphatic heterocycles. The summed E-state index contributed by atoms with van der Waals surface area (Å²) in [6, 6.07) is 4.64. The van der Waals surface area contributed by atoms with Crippen molar-refractivity contribution >= 4 is 6.08 Å². The highest BCUT2D eigenvalue weighted by atomic mass is 19.1. The Hall–Kier alpha value is -1.54. The lowest BCUT2D eigenvalue weighted by atomic mass is 10.2. The van der Waals surface area contributed by atoms with Crippen molar-refractivity contribution in [2.45, 2.75) is 6.30 Å². The molecule has 0 N–H and O–H groups in total. The molecule has 0 fully saturated rings. The van der Waals surface area contributed by atoms with E-state index in [0.29, 0.717) is 0 Å². The summed E-state index contributed by atoms with van der Waals surface area (Å²) in [6.07, 6.45) is -0.660. The lowest BCUT2D eigenvalue weighted by Gasteiger charge is -1.98. The smallest absolute Gasteiger partial charge is 0.215 e. The predicted molar refractivity (Wildman–Crippen MR) is 38.4 cm³/mol. The third kappa shape index (κ3) is 1.97. The molecule has 0 aliphatic rings. The number of nitrogens with zero attached hydrogens (tertiary/aromatic N) is 1. The second-order valence-electron chi connectivity index (χ2n) is 2.11. The van der Waals surface area contributed by atoms with Gasteiger partial charge in [-0.05, 0) is 12.1 Å². The number of benzene rings is 1. The van der Waals surface area contributed by atoms with Crippen LogP contribution in [0.3, 0.4) is 0 Å². The molecule has 1 unspecified atom stereocenters. The Bertz CT molecular complexity index is 303. The molecular weight excluding hydrogens is 164 g/mol. The fraction of sp³-hybridized carbons (Fsp3) is 0.125. The van der Waals surface area contributed by atoms with Gasteiger partial charge in [-0.15, -0.1) is 0 Å². The number of rotatable bonds is 2. The normalized spacial score (nSPS) is 11.8. The number of hydrogen-bond acceptors (Lipinski definition) is 2. The van der Waals surface area contributed by atoms with Crippen molar-refractivity contribution in [2.24, 2.45) is 4.99 Å². The third-order valence-corrected chi connectivity index (χ3v) is 1.31. The maximum atomic E-state index is 12.7. The lowest BCUT2D eigenvalue weighted by Crippen LogP contribution is -1.86. The molecule has 4 heteroatoms. The molecule has 62 valence electrons. The highest BCUT2D eigenvalue weighted by molar-refractivity contribution is 5.34. The second-order valence-corrected chi connectivity index (χ2v) is 2.11. The van der Waals surface area contributed by atoms with Crippen molar-refractivity contribution in [3.8, 4) is 0 Å². The van der Waals surface area contributed by atoms with Crippen LogP contribution in [0, 0.1) is 5.82 Å². The van der Waals surface area contributed by atoms with Crippen molar-refractivity contribution in [2.75, 3.05) is 0 Å². The van der Waals surface area contributed by atoms with E-state index in [2.05, 4.69) is 4.99 Å². The minimum atomic E-state index is -1.75. The van der Waals surface area contributed by atoms with Gasteiger partial charge in [-0.2, -0.15) is 4.99 Å². The summed E-state index contributed by atoms with van der Waals surface area (Å²) in [5.41, 5.74) is 0.139. The van der Waals surface area contributed by atoms with Gasteiger partial charge in [0.2, 0.25) is 12.4 Å². The average Bonchev–Trinajstić information content (AvgIpc) is 2.06. The standard InChI is InChI=1S/C8H5F2NO/c9-7-3-1-6(2-4-7)8(10)11-5-12/h1-4,8H. The predicted octanol–water partition coefficient (Wildman–Crippen LogP) is 2.13. The first-order chi connectivity index (χ1) is 5.74. The highest BCUT2D eigenvalue weighted by Gasteiger charge is 2.05. The highest BCUT2D eigenvalue weighted by Crippen LogP contribution is 2.17. The first kappa shape index (κ1) is 8.56. The van der Waals surface area contributed by atoms with Gasteiger partial charge in [-0.25, -0.2) is 13.6 Å². The zero-order chi connectivity index (χ0) is 8.97. The van der Waals surface area contributed by atoms with Gasteiger partial charge in [-0.1, -0.05) is 12.1 Å². The summed E-state index contributed by atoms with van der Waals surface area (Å²) in [7, 11) is 0. The Morgan fingerprint density at radius 2 is 1.92 bits per heavy atom. The molecule has 0 spiro atoms. The number of aliphatic imine (C=N–C) groups is 1. The maximum absolute atomic E-state index is 12.7. The van der Waals surface area contributed by atoms with Crippen LogP contribution in [0.5, 0.6) is 0 Å². The molecule has 1 rings (SSSR count). The van der Waals surface area contributed by atoms with E-state index in [1.165, 1.54) is 12.1 Å². The van der Waals surface area contributed by atoms with E-state index in [4.69, 9.17) is 0 Å². The molecule has 0 aromatic heterocycles. The van der Waals surface area contributed by atoms with Gasteiger partial charge in [0.25, 0.3) is 0 Å². The van der Waals surface area contributed by atoms with Crippen molar-refractivity contribution in [3.05, 3.63) is 35.6 Å². The van der Waals surface area contributed by atoms with Gasteiger partial charge in [0.1, 0.15) is 5.82 Å². The first-order valence-electron chi connectivity index (χ1n) is 3.20. The fourth-order valence-electron chi connectivity index (χ4n) is 0.742. The summed E-state index contributed by atoms with van der Waals surface area (Å²) in [5, 5.41) is 0. The molecule has 0 amide bonds. The summed E-state index contributed by atoms with van der Waals surface area (Å²) >= 11 is 0. The van der Waals surface area contributed by atoms with Gasteiger partial charge in [0.15, 0.2) is 0 Å². The molecule has 1 atom stereocenters. The zero-order valence-corrected chi connectivity index (χ0v) is 6.00. The van der Waals surface area contributed by atoms with Crippen LogP contribution in [0.15, 0.2) is 29.3 Å². The van der Waals surface area contributed by atoms with E-state index >= 15 is 0 Å². The molecule has 1 aromatic rings. The summed E-state index contributed by atoms with van der Waals surface area (Å²) in [5.74, 6) is -0.457. The maximum Gasteiger partial charge on any atom is 0.238 e. The van der Waals surface area contributed by atoms with Gasteiger partial charge in [-0.3, -0.25) is 0 Å². The average molecular weight is 169 g/mol. The molecule has 0 saturated carbocycles. The molecular formula is C8H5F2NO. The van der Waals surface area contributed by atoms with Crippen LogP contribution in [0.2, 0.25) is 0 Å². The van der Waals surface area contributed by atoms with Crippen LogP contribution in [0.25, 0.3) is 0 Å². The van der Waals surface area contributed by atoms with Crippen LogP contribution >= 0.6 is 0 Å². The zero-order valence-electron chi connectivity index (χ0n) is 6.00. The molecule has 12 heavy (non-hydrogen) atoms. The molecule has 0 heterocycles. The van der Waals surface area contributed by atoms with Crippen LogP contribution < -0.4 is 0 Å². The second kappa shape index (κ2) is 3.74. The van der Waals surface area contributed by atoms with Crippen LogP contribution in [-0.4, -0.2) is 6.08 Å². The van der Waals surface area contributed by atoms with Crippen LogP contribution in [0.1, 0.15) is 11.9 Å². The molecule has 0 saturated heterocycles. The number of alkyl halides is 1. The quantitative estimate of drug-likeness (QED) is 0.379. The van der Waals surface area contributed by atoms with Gasteiger partial charge < -0.3 is 0 Å². The van der Waals surface area contributed by atoms with E-state index in [1.54, 1.807) is 0 Å². The Balaban J connectivity index is 2.89. The molecule has 0 radical (unpaired) electrons. The Morgan fingerprint density at radius 1 is 1.33 bits per heavy atom. The Labute approximate surface area is 67.5 Å². The first-order valence-corrected chi connectivity index (χ1v) is 3.20. The molecule has 2 nitrogen and oxygen atoms in total. The Kier molecular flexibility index (Phi) is 2.66. The van der Waals surface area contributed by atoms with Crippen LogP contribution in [0.4, 0.5) is 8.78 Å². The topological polar surface area (TPSA) is 29.4 Å². The summed E-state index contributed by atoms with van der Waals surface area (Å²) < 4.78 is 25.0. The molecule has 1 aromatic carbocycles. The van der Waals surface area contributed by atoms with Crippen molar-refractivity contribution in [1.82, 2.24) is 0 Å². The number of halogens is 2. The van der Waals surface area contributed by atoms with E-state index in [-0.39, 0.29) is 5.56 Å². The number of carbonyl (C=O) groups excluding carboxylic acids is 1. The third-order valence-electron chi connectivity index (χ3n) is 1.31. The minimum absolute atomic E-state index is 0.139. The van der Waals surface area contributed by atoms with Gasteiger partial charge in [0, 0.05) is 5.56 Å². The molecule has 0 aliphatic carbocycles. The van der Waals surface area contributed by atoms with E-state index in [1.807, 2.05) is 0 Å². The SMILES string of the molecule is O=C=NC(F)c1ccc(F)cc1. The Morgan fingerprint density at radius 3 is 2.42 bits per heavy atom. The largest absolute Gasteiger partial charge is 0.238 e. The van der Waals surface area contributed by atoms with E-state index < -0.39 is 12.1 Å². The monoisotopic (exact) mass is 169 g/mol. The summed E-state index contributed by atoms with van der Waals surface area (Å²) in [6.45, 7) is 0. The molecule has 0 bridgehead atoms. The number of isocyanates is 1. The van der Waals surface area contributed by atoms with Gasteiger partial charge >= 0.3 is 0 Å². The van der Waals surface area contributed by atoms with Crippen LogP contribution in [-0.2, 0) is 4.79 Å². The van der Waals surface area contributed by atoms with E-state index in [0.717, 1.165) is 18.2 Å². The van der Waals surface area contributed by atoms with Crippen molar-refractivity contribution in [3.63, 3.8) is 0 Å². The number of hydrogen-bond donors (Lipinski definition) is 0. The van der Waals surface area contributed by atoms with Crippen molar-refractivity contribution < 1.29 is 13.6 Å². The fourth-order valence-corrected chi connectivity index (χ4v) is 0.742. The summed E-state index contributed by atoms with van der Waals surface area (Å²) in [4.78, 5) is 12.5. The van der Waals surface area contributed by atoms with E-state index in [9.17, 15) is 13.6 Å².